The lowest BCUT2D eigenvalue weighted by Gasteiger charge is -2.32. The number of halogens is 1. The molecule has 1 fully saturated rings. The van der Waals surface area contributed by atoms with Gasteiger partial charge in [0, 0.05) is 31.4 Å². The van der Waals surface area contributed by atoms with Gasteiger partial charge in [0.05, 0.1) is 24.1 Å². The number of fused-ring (bicyclic) bond motifs is 1. The van der Waals surface area contributed by atoms with Crippen molar-refractivity contribution in [1.82, 2.24) is 9.88 Å². The first-order valence-corrected chi connectivity index (χ1v) is 10.1. The fourth-order valence-electron chi connectivity index (χ4n) is 3.99. The first kappa shape index (κ1) is 20.1. The van der Waals surface area contributed by atoms with Crippen LogP contribution in [0.1, 0.15) is 29.7 Å². The molecule has 2 heterocycles. The van der Waals surface area contributed by atoms with Crippen LogP contribution in [0.15, 0.2) is 42.5 Å². The van der Waals surface area contributed by atoms with Gasteiger partial charge in [-0.25, -0.2) is 9.37 Å². The molecule has 0 radical (unpaired) electrons. The van der Waals surface area contributed by atoms with Crippen molar-refractivity contribution in [2.45, 2.75) is 32.4 Å². The molecule has 1 aliphatic heterocycles. The van der Waals surface area contributed by atoms with E-state index in [1.165, 1.54) is 6.07 Å². The third-order valence-electron chi connectivity index (χ3n) is 5.54. The molecule has 0 N–H and O–H groups in total. The molecular formula is C24H24FN3O2. The summed E-state index contributed by atoms with van der Waals surface area (Å²) < 4.78 is 26.2. The number of piperidine rings is 1. The van der Waals surface area contributed by atoms with Gasteiger partial charge in [-0.3, -0.25) is 4.90 Å². The van der Waals surface area contributed by atoms with Crippen molar-refractivity contribution in [3.8, 4) is 17.6 Å². The molecule has 154 valence electrons. The van der Waals surface area contributed by atoms with Crippen LogP contribution >= 0.6 is 0 Å². The van der Waals surface area contributed by atoms with Crippen molar-refractivity contribution in [2.75, 3.05) is 20.2 Å². The molecule has 0 unspecified atom stereocenters. The number of likely N-dealkylation sites (tertiary alicyclic amines) is 1. The summed E-state index contributed by atoms with van der Waals surface area (Å²) in [6.07, 6.45) is 1.68. The lowest BCUT2D eigenvalue weighted by Crippen LogP contribution is -2.38. The van der Waals surface area contributed by atoms with Crippen molar-refractivity contribution >= 4 is 10.9 Å². The zero-order valence-electron chi connectivity index (χ0n) is 17.2. The highest BCUT2D eigenvalue weighted by atomic mass is 19.1. The van der Waals surface area contributed by atoms with Crippen molar-refractivity contribution in [1.29, 1.82) is 5.26 Å². The molecule has 1 aromatic heterocycles. The number of nitrogens with zero attached hydrogens (tertiary/aromatic N) is 3. The van der Waals surface area contributed by atoms with E-state index in [9.17, 15) is 9.65 Å². The van der Waals surface area contributed by atoms with Crippen LogP contribution in [0.2, 0.25) is 0 Å². The van der Waals surface area contributed by atoms with Gasteiger partial charge in [0.1, 0.15) is 28.9 Å². The predicted molar refractivity (Wildman–Crippen MR) is 113 cm³/mol. The quantitative estimate of drug-likeness (QED) is 0.621. The zero-order valence-corrected chi connectivity index (χ0v) is 17.2. The maximum atomic E-state index is 14.6. The maximum absolute atomic E-state index is 14.6. The zero-order chi connectivity index (χ0) is 21.1. The maximum Gasteiger partial charge on any atom is 0.145 e. The number of ether oxygens (including phenoxy) is 2. The van der Waals surface area contributed by atoms with Gasteiger partial charge >= 0.3 is 0 Å². The average molecular weight is 405 g/mol. The highest BCUT2D eigenvalue weighted by Gasteiger charge is 2.23. The smallest absolute Gasteiger partial charge is 0.145 e. The van der Waals surface area contributed by atoms with Crippen LogP contribution in [0.4, 0.5) is 4.39 Å². The van der Waals surface area contributed by atoms with Gasteiger partial charge in [0.25, 0.3) is 0 Å². The van der Waals surface area contributed by atoms with E-state index in [1.807, 2.05) is 31.2 Å². The molecule has 0 aliphatic carbocycles. The van der Waals surface area contributed by atoms with Gasteiger partial charge < -0.3 is 9.47 Å². The van der Waals surface area contributed by atoms with E-state index in [0.29, 0.717) is 22.4 Å². The Balaban J connectivity index is 1.48. The van der Waals surface area contributed by atoms with Gasteiger partial charge in [0.15, 0.2) is 0 Å². The van der Waals surface area contributed by atoms with Gasteiger partial charge in [0.2, 0.25) is 0 Å². The molecule has 30 heavy (non-hydrogen) atoms. The lowest BCUT2D eigenvalue weighted by atomic mass is 10.0. The molecule has 0 atom stereocenters. The van der Waals surface area contributed by atoms with Gasteiger partial charge in [-0.2, -0.15) is 5.26 Å². The molecule has 4 rings (SSSR count). The van der Waals surface area contributed by atoms with E-state index in [0.717, 1.165) is 49.3 Å². The minimum atomic E-state index is -0.362. The molecule has 3 aromatic rings. The fourth-order valence-corrected chi connectivity index (χ4v) is 3.99. The molecule has 0 saturated carbocycles. The summed E-state index contributed by atoms with van der Waals surface area (Å²) in [5.41, 5.74) is 3.01. The second-order valence-electron chi connectivity index (χ2n) is 7.60. The molecule has 0 spiro atoms. The van der Waals surface area contributed by atoms with Crippen molar-refractivity contribution in [3.05, 3.63) is 65.1 Å². The normalized spacial score (nSPS) is 15.1. The van der Waals surface area contributed by atoms with Crippen LogP contribution in [0, 0.1) is 24.1 Å². The van der Waals surface area contributed by atoms with Crippen LogP contribution in [-0.4, -0.2) is 36.2 Å². The molecule has 6 heteroatoms. The van der Waals surface area contributed by atoms with E-state index in [1.54, 1.807) is 19.2 Å². The molecule has 0 amide bonds. The summed E-state index contributed by atoms with van der Waals surface area (Å²) in [6.45, 7) is 4.34. The number of aromatic nitrogens is 1. The van der Waals surface area contributed by atoms with Gasteiger partial charge in [-0.15, -0.1) is 0 Å². The molecule has 1 saturated heterocycles. The summed E-state index contributed by atoms with van der Waals surface area (Å²) in [6, 6.07) is 14.7. The Morgan fingerprint density at radius 3 is 2.67 bits per heavy atom. The SMILES string of the molecule is COc1ccc(F)c2c(OC3CCN(Cc4ccccc4C#N)CC3)cc(C)nc12. The Morgan fingerprint density at radius 1 is 1.17 bits per heavy atom. The predicted octanol–water partition coefficient (Wildman–Crippen LogP) is 4.61. The Morgan fingerprint density at radius 2 is 1.93 bits per heavy atom. The Hall–Kier alpha value is -3.17. The van der Waals surface area contributed by atoms with E-state index >= 15 is 0 Å². The topological polar surface area (TPSA) is 58.4 Å². The average Bonchev–Trinajstić information content (AvgIpc) is 2.75. The number of hydrogen-bond acceptors (Lipinski definition) is 5. The second kappa shape index (κ2) is 8.68. The number of methoxy groups -OCH3 is 1. The second-order valence-corrected chi connectivity index (χ2v) is 7.60. The van der Waals surface area contributed by atoms with E-state index in [-0.39, 0.29) is 11.9 Å². The largest absolute Gasteiger partial charge is 0.494 e. The van der Waals surface area contributed by atoms with E-state index in [2.05, 4.69) is 16.0 Å². The molecular weight excluding hydrogens is 381 g/mol. The third kappa shape index (κ3) is 4.07. The number of nitriles is 1. The Kier molecular flexibility index (Phi) is 5.82. The van der Waals surface area contributed by atoms with Crippen molar-refractivity contribution in [3.63, 3.8) is 0 Å². The standard InChI is InChI=1S/C24H24FN3O2/c1-16-13-22(23-20(25)7-8-21(29-2)24(23)27-16)30-19-9-11-28(12-10-19)15-18-6-4-3-5-17(18)14-26/h3-8,13,19H,9-12,15H2,1-2H3. The van der Waals surface area contributed by atoms with Gasteiger partial charge in [-0.1, -0.05) is 18.2 Å². The summed E-state index contributed by atoms with van der Waals surface area (Å²) in [4.78, 5) is 6.79. The first-order chi connectivity index (χ1) is 14.6. The number of rotatable bonds is 5. The number of benzene rings is 2. The first-order valence-electron chi connectivity index (χ1n) is 10.1. The minimum absolute atomic E-state index is 0.00283. The summed E-state index contributed by atoms with van der Waals surface area (Å²) in [5.74, 6) is 0.687. The molecule has 0 bridgehead atoms. The van der Waals surface area contributed by atoms with Crippen LogP contribution in [0.3, 0.4) is 0 Å². The Labute approximate surface area is 175 Å². The summed E-state index contributed by atoms with van der Waals surface area (Å²) >= 11 is 0. The van der Waals surface area contributed by atoms with E-state index < -0.39 is 0 Å². The highest BCUT2D eigenvalue weighted by Crippen LogP contribution is 2.35. The number of pyridine rings is 1. The molecule has 5 nitrogen and oxygen atoms in total. The lowest BCUT2D eigenvalue weighted by molar-refractivity contribution is 0.0977. The van der Waals surface area contributed by atoms with Crippen LogP contribution < -0.4 is 9.47 Å². The van der Waals surface area contributed by atoms with Crippen LogP contribution in [0.25, 0.3) is 10.9 Å². The van der Waals surface area contributed by atoms with Crippen LogP contribution in [0.5, 0.6) is 11.5 Å². The van der Waals surface area contributed by atoms with Crippen LogP contribution in [-0.2, 0) is 6.54 Å². The summed E-state index contributed by atoms with van der Waals surface area (Å²) in [7, 11) is 1.55. The minimum Gasteiger partial charge on any atom is -0.494 e. The van der Waals surface area contributed by atoms with Gasteiger partial charge in [-0.05, 0) is 43.5 Å². The number of hydrogen-bond donors (Lipinski definition) is 0. The Bertz CT molecular complexity index is 1100. The highest BCUT2D eigenvalue weighted by molar-refractivity contribution is 5.90. The van der Waals surface area contributed by atoms with E-state index in [4.69, 9.17) is 9.47 Å². The van der Waals surface area contributed by atoms with Crippen molar-refractivity contribution in [2.24, 2.45) is 0 Å². The number of aryl methyl sites for hydroxylation is 1. The fraction of sp³-hybridized carbons (Fsp3) is 0.333. The third-order valence-corrected chi connectivity index (χ3v) is 5.54. The molecule has 2 aromatic carbocycles. The van der Waals surface area contributed by atoms with Crippen molar-refractivity contribution < 1.29 is 13.9 Å². The summed E-state index contributed by atoms with van der Waals surface area (Å²) in [5, 5.41) is 9.66. The molecule has 1 aliphatic rings. The monoisotopic (exact) mass is 405 g/mol.